The SMILES string of the molecule is CC1CCC(c2ccc(OCCPO)cc2)CC1. The van der Waals surface area contributed by atoms with Gasteiger partial charge in [-0.05, 0) is 42.4 Å². The van der Waals surface area contributed by atoms with Crippen LogP contribution in [0.4, 0.5) is 0 Å². The molecule has 1 aliphatic rings. The summed E-state index contributed by atoms with van der Waals surface area (Å²) in [5.74, 6) is 2.57. The molecule has 1 aromatic rings. The van der Waals surface area contributed by atoms with Gasteiger partial charge < -0.3 is 9.63 Å². The van der Waals surface area contributed by atoms with Gasteiger partial charge in [0.15, 0.2) is 0 Å². The number of benzene rings is 1. The summed E-state index contributed by atoms with van der Waals surface area (Å²) >= 11 is 0. The van der Waals surface area contributed by atoms with Crippen LogP contribution in [0.1, 0.15) is 44.1 Å². The van der Waals surface area contributed by atoms with Crippen molar-refractivity contribution in [2.75, 3.05) is 12.8 Å². The molecule has 18 heavy (non-hydrogen) atoms. The Morgan fingerprint density at radius 2 is 1.83 bits per heavy atom. The van der Waals surface area contributed by atoms with Gasteiger partial charge in [0.25, 0.3) is 0 Å². The van der Waals surface area contributed by atoms with Crippen molar-refractivity contribution in [3.63, 3.8) is 0 Å². The zero-order chi connectivity index (χ0) is 12.8. The topological polar surface area (TPSA) is 29.5 Å². The smallest absolute Gasteiger partial charge is 0.119 e. The lowest BCUT2D eigenvalue weighted by atomic mass is 9.79. The fourth-order valence-corrected chi connectivity index (χ4v) is 2.84. The minimum Gasteiger partial charge on any atom is -0.493 e. The van der Waals surface area contributed by atoms with Crippen LogP contribution >= 0.6 is 8.81 Å². The molecule has 0 radical (unpaired) electrons. The van der Waals surface area contributed by atoms with Crippen molar-refractivity contribution in [1.29, 1.82) is 0 Å². The highest BCUT2D eigenvalue weighted by molar-refractivity contribution is 7.31. The Balaban J connectivity index is 1.87. The first-order chi connectivity index (χ1) is 8.79. The van der Waals surface area contributed by atoms with Gasteiger partial charge in [0.05, 0.1) is 6.61 Å². The second-order valence-electron chi connectivity index (χ2n) is 5.28. The Hall–Kier alpha value is -0.590. The predicted molar refractivity (Wildman–Crippen MR) is 77.7 cm³/mol. The second-order valence-corrected chi connectivity index (χ2v) is 6.10. The summed E-state index contributed by atoms with van der Waals surface area (Å²) in [4.78, 5) is 8.73. The molecule has 100 valence electrons. The van der Waals surface area contributed by atoms with E-state index >= 15 is 0 Å². The van der Waals surface area contributed by atoms with E-state index in [2.05, 4.69) is 31.2 Å². The molecule has 0 spiro atoms. The molecule has 1 atom stereocenters. The van der Waals surface area contributed by atoms with Crippen LogP contribution in [-0.2, 0) is 0 Å². The van der Waals surface area contributed by atoms with Gasteiger partial charge >= 0.3 is 0 Å². The van der Waals surface area contributed by atoms with Crippen LogP contribution in [0, 0.1) is 5.92 Å². The van der Waals surface area contributed by atoms with Crippen LogP contribution in [-0.4, -0.2) is 17.7 Å². The molecule has 1 fully saturated rings. The van der Waals surface area contributed by atoms with Crippen LogP contribution in [0.15, 0.2) is 24.3 Å². The van der Waals surface area contributed by atoms with Crippen molar-refractivity contribution >= 4 is 8.81 Å². The molecule has 1 N–H and O–H groups in total. The average Bonchev–Trinajstić information content (AvgIpc) is 2.41. The summed E-state index contributed by atoms with van der Waals surface area (Å²) in [5.41, 5.74) is 1.46. The van der Waals surface area contributed by atoms with Gasteiger partial charge in [0.1, 0.15) is 5.75 Å². The molecule has 1 unspecified atom stereocenters. The molecule has 0 aliphatic heterocycles. The van der Waals surface area contributed by atoms with Crippen LogP contribution in [0.2, 0.25) is 0 Å². The fraction of sp³-hybridized carbons (Fsp3) is 0.600. The van der Waals surface area contributed by atoms with Crippen molar-refractivity contribution in [2.45, 2.75) is 38.5 Å². The lowest BCUT2D eigenvalue weighted by Crippen LogP contribution is -2.10. The molecule has 0 saturated heterocycles. The van der Waals surface area contributed by atoms with E-state index in [9.17, 15) is 0 Å². The molecule has 2 nitrogen and oxygen atoms in total. The molecule has 0 aromatic heterocycles. The third-order valence-corrected chi connectivity index (χ3v) is 4.28. The summed E-state index contributed by atoms with van der Waals surface area (Å²) in [6, 6.07) is 8.54. The highest BCUT2D eigenvalue weighted by atomic mass is 31.1. The van der Waals surface area contributed by atoms with Crippen molar-refractivity contribution in [3.8, 4) is 5.75 Å². The highest BCUT2D eigenvalue weighted by Gasteiger charge is 2.19. The zero-order valence-electron chi connectivity index (χ0n) is 11.1. The maximum absolute atomic E-state index is 8.73. The van der Waals surface area contributed by atoms with Crippen LogP contribution < -0.4 is 4.74 Å². The monoisotopic (exact) mass is 266 g/mol. The fourth-order valence-electron chi connectivity index (χ4n) is 2.64. The van der Waals surface area contributed by atoms with E-state index in [0.717, 1.165) is 23.7 Å². The average molecular weight is 266 g/mol. The summed E-state index contributed by atoms with van der Waals surface area (Å²) in [6.45, 7) is 2.96. The lowest BCUT2D eigenvalue weighted by molar-refractivity contribution is 0.338. The molecular weight excluding hydrogens is 243 g/mol. The number of hydrogen-bond donors (Lipinski definition) is 1. The Labute approximate surface area is 112 Å². The first-order valence-electron chi connectivity index (χ1n) is 6.89. The molecule has 0 amide bonds. The van der Waals surface area contributed by atoms with E-state index < -0.39 is 0 Å². The second kappa shape index (κ2) is 7.11. The minimum atomic E-state index is -0.0169. The van der Waals surface area contributed by atoms with Gasteiger partial charge in [-0.3, -0.25) is 0 Å². The van der Waals surface area contributed by atoms with Crippen molar-refractivity contribution in [2.24, 2.45) is 5.92 Å². The van der Waals surface area contributed by atoms with Crippen molar-refractivity contribution in [1.82, 2.24) is 0 Å². The van der Waals surface area contributed by atoms with E-state index in [1.165, 1.54) is 31.2 Å². The van der Waals surface area contributed by atoms with Crippen LogP contribution in [0.5, 0.6) is 5.75 Å². The van der Waals surface area contributed by atoms with Gasteiger partial charge in [-0.2, -0.15) is 0 Å². The predicted octanol–water partition coefficient (Wildman–Crippen LogP) is 3.94. The Morgan fingerprint density at radius 1 is 1.17 bits per heavy atom. The third-order valence-electron chi connectivity index (χ3n) is 3.85. The van der Waals surface area contributed by atoms with Gasteiger partial charge in [0.2, 0.25) is 0 Å². The largest absolute Gasteiger partial charge is 0.493 e. The maximum atomic E-state index is 8.73. The van der Waals surface area contributed by atoms with E-state index in [1.54, 1.807) is 0 Å². The zero-order valence-corrected chi connectivity index (χ0v) is 12.1. The molecule has 3 heteroatoms. The molecular formula is C15H23O2P. The number of ether oxygens (including phenoxy) is 1. The summed E-state index contributed by atoms with van der Waals surface area (Å²) in [6.07, 6.45) is 6.10. The van der Waals surface area contributed by atoms with Crippen molar-refractivity contribution < 1.29 is 9.63 Å². The molecule has 1 saturated carbocycles. The summed E-state index contributed by atoms with van der Waals surface area (Å²) < 4.78 is 5.55. The summed E-state index contributed by atoms with van der Waals surface area (Å²) in [5, 5.41) is 0. The van der Waals surface area contributed by atoms with E-state index in [4.69, 9.17) is 9.63 Å². The molecule has 0 heterocycles. The van der Waals surface area contributed by atoms with Gasteiger partial charge in [0, 0.05) is 15.0 Å². The first kappa shape index (κ1) is 13.8. The standard InChI is InChI=1S/C15H23O2P/c1-12-2-4-13(5-3-12)14-6-8-15(9-7-14)17-10-11-18-16/h6-9,12-13,16,18H,2-5,10-11H2,1H3. The normalized spacial score (nSPS) is 24.6. The first-order valence-corrected chi connectivity index (χ1v) is 8.04. The minimum absolute atomic E-state index is 0.0169. The molecule has 0 bridgehead atoms. The quantitative estimate of drug-likeness (QED) is 0.646. The van der Waals surface area contributed by atoms with Crippen molar-refractivity contribution in [3.05, 3.63) is 29.8 Å². The van der Waals surface area contributed by atoms with Gasteiger partial charge in [-0.25, -0.2) is 0 Å². The van der Waals surface area contributed by atoms with E-state index in [0.29, 0.717) is 6.61 Å². The number of rotatable bonds is 5. The maximum Gasteiger partial charge on any atom is 0.119 e. The number of hydrogen-bond acceptors (Lipinski definition) is 2. The molecule has 1 aliphatic carbocycles. The Kier molecular flexibility index (Phi) is 5.46. The van der Waals surface area contributed by atoms with E-state index in [1.807, 2.05) is 0 Å². The van der Waals surface area contributed by atoms with Crippen LogP contribution in [0.3, 0.4) is 0 Å². The molecule has 2 rings (SSSR count). The lowest BCUT2D eigenvalue weighted by Gasteiger charge is -2.26. The summed E-state index contributed by atoms with van der Waals surface area (Å²) in [7, 11) is -0.0169. The van der Waals surface area contributed by atoms with Crippen LogP contribution in [0.25, 0.3) is 0 Å². The Bertz CT molecular complexity index is 342. The van der Waals surface area contributed by atoms with Gasteiger partial charge in [-0.1, -0.05) is 31.9 Å². The third kappa shape index (κ3) is 3.96. The Morgan fingerprint density at radius 3 is 2.44 bits per heavy atom. The van der Waals surface area contributed by atoms with Gasteiger partial charge in [-0.15, -0.1) is 0 Å². The van der Waals surface area contributed by atoms with E-state index in [-0.39, 0.29) is 8.81 Å². The highest BCUT2D eigenvalue weighted by Crippen LogP contribution is 2.35. The molecule has 1 aromatic carbocycles.